The summed E-state index contributed by atoms with van der Waals surface area (Å²) < 4.78 is 31.1. The van der Waals surface area contributed by atoms with Crippen LogP contribution >= 0.6 is 0 Å². The highest BCUT2D eigenvalue weighted by Gasteiger charge is 2.16. The van der Waals surface area contributed by atoms with Crippen molar-refractivity contribution in [3.8, 4) is 5.75 Å². The van der Waals surface area contributed by atoms with Gasteiger partial charge in [-0.3, -0.25) is 10.00 Å². The lowest BCUT2D eigenvalue weighted by atomic mass is 10.2. The van der Waals surface area contributed by atoms with Crippen LogP contribution in [0.5, 0.6) is 5.75 Å². The van der Waals surface area contributed by atoms with Gasteiger partial charge in [-0.05, 0) is 12.1 Å². The van der Waals surface area contributed by atoms with E-state index in [1.807, 2.05) is 0 Å². The SMILES string of the molecule is COc1c(NC(=O)O)ccc2cnn(CC(F)F)c12. The molecule has 1 aromatic heterocycles. The van der Waals surface area contributed by atoms with E-state index in [9.17, 15) is 13.6 Å². The number of amides is 1. The fourth-order valence-corrected chi connectivity index (χ4v) is 1.84. The maximum atomic E-state index is 12.5. The van der Waals surface area contributed by atoms with Gasteiger partial charge in [-0.25, -0.2) is 13.6 Å². The van der Waals surface area contributed by atoms with Crippen LogP contribution in [0.1, 0.15) is 0 Å². The van der Waals surface area contributed by atoms with Gasteiger partial charge in [0.05, 0.1) is 19.0 Å². The van der Waals surface area contributed by atoms with Crippen LogP contribution in [-0.4, -0.2) is 34.5 Å². The summed E-state index contributed by atoms with van der Waals surface area (Å²) in [7, 11) is 1.33. The van der Waals surface area contributed by atoms with Gasteiger partial charge in [0.25, 0.3) is 6.43 Å². The van der Waals surface area contributed by atoms with Crippen LogP contribution in [-0.2, 0) is 6.54 Å². The molecule has 0 atom stereocenters. The van der Waals surface area contributed by atoms with Crippen LogP contribution in [0.15, 0.2) is 18.3 Å². The van der Waals surface area contributed by atoms with Crippen LogP contribution < -0.4 is 10.1 Å². The fraction of sp³-hybridized carbons (Fsp3) is 0.273. The molecule has 2 rings (SSSR count). The number of fused-ring (bicyclic) bond motifs is 1. The number of alkyl halides is 2. The maximum Gasteiger partial charge on any atom is 0.409 e. The second kappa shape index (κ2) is 5.09. The number of hydrogen-bond donors (Lipinski definition) is 2. The van der Waals surface area contributed by atoms with Crippen molar-refractivity contribution in [1.29, 1.82) is 0 Å². The molecule has 0 aliphatic carbocycles. The van der Waals surface area contributed by atoms with Gasteiger partial charge in [0, 0.05) is 5.39 Å². The van der Waals surface area contributed by atoms with E-state index in [4.69, 9.17) is 9.84 Å². The Labute approximate surface area is 106 Å². The molecule has 0 saturated carbocycles. The summed E-state index contributed by atoms with van der Waals surface area (Å²) >= 11 is 0. The van der Waals surface area contributed by atoms with Crippen molar-refractivity contribution < 1.29 is 23.4 Å². The quantitative estimate of drug-likeness (QED) is 0.895. The van der Waals surface area contributed by atoms with E-state index < -0.39 is 19.1 Å². The third kappa shape index (κ3) is 2.56. The number of carboxylic acid groups (broad SMARTS) is 1. The molecule has 6 nitrogen and oxygen atoms in total. The topological polar surface area (TPSA) is 76.4 Å². The van der Waals surface area contributed by atoms with Crippen LogP contribution in [0.4, 0.5) is 19.3 Å². The third-order valence-electron chi connectivity index (χ3n) is 2.51. The number of nitrogens with one attached hydrogen (secondary N) is 1. The Hall–Kier alpha value is -2.38. The highest BCUT2D eigenvalue weighted by Crippen LogP contribution is 2.33. The zero-order valence-corrected chi connectivity index (χ0v) is 9.93. The average molecular weight is 271 g/mol. The number of ether oxygens (including phenoxy) is 1. The first kappa shape index (κ1) is 13.1. The zero-order chi connectivity index (χ0) is 14.0. The Kier molecular flexibility index (Phi) is 3.50. The van der Waals surface area contributed by atoms with Crippen LogP contribution in [0.25, 0.3) is 10.9 Å². The van der Waals surface area contributed by atoms with Gasteiger partial charge >= 0.3 is 6.09 Å². The van der Waals surface area contributed by atoms with E-state index in [2.05, 4.69) is 10.4 Å². The van der Waals surface area contributed by atoms with E-state index in [-0.39, 0.29) is 11.4 Å². The summed E-state index contributed by atoms with van der Waals surface area (Å²) in [5.41, 5.74) is 0.507. The van der Waals surface area contributed by atoms with Gasteiger partial charge in [-0.2, -0.15) is 5.10 Å². The summed E-state index contributed by atoms with van der Waals surface area (Å²) in [5, 5.41) is 15.3. The molecule has 0 bridgehead atoms. The van der Waals surface area contributed by atoms with Crippen LogP contribution in [0.2, 0.25) is 0 Å². The van der Waals surface area contributed by atoms with Gasteiger partial charge in [-0.15, -0.1) is 0 Å². The van der Waals surface area contributed by atoms with Gasteiger partial charge < -0.3 is 9.84 Å². The summed E-state index contributed by atoms with van der Waals surface area (Å²) in [6.45, 7) is -0.587. The first-order valence-electron chi connectivity index (χ1n) is 5.33. The molecule has 2 aromatic rings. The Morgan fingerprint density at radius 2 is 2.32 bits per heavy atom. The molecule has 102 valence electrons. The predicted molar refractivity (Wildman–Crippen MR) is 63.9 cm³/mol. The number of methoxy groups -OCH3 is 1. The number of aromatic nitrogens is 2. The van der Waals surface area contributed by atoms with E-state index in [0.717, 1.165) is 4.68 Å². The maximum absolute atomic E-state index is 12.5. The summed E-state index contributed by atoms with van der Waals surface area (Å²) in [6.07, 6.45) is -2.41. The summed E-state index contributed by atoms with van der Waals surface area (Å²) in [4.78, 5) is 10.7. The molecule has 0 aliphatic rings. The average Bonchev–Trinajstić information content (AvgIpc) is 2.71. The highest BCUT2D eigenvalue weighted by molar-refractivity contribution is 5.95. The summed E-state index contributed by atoms with van der Waals surface area (Å²) in [5.74, 6) is 0.165. The Morgan fingerprint density at radius 1 is 1.58 bits per heavy atom. The van der Waals surface area contributed by atoms with Gasteiger partial charge in [-0.1, -0.05) is 0 Å². The van der Waals surface area contributed by atoms with Gasteiger partial charge in [0.2, 0.25) is 0 Å². The second-order valence-corrected chi connectivity index (χ2v) is 3.73. The Morgan fingerprint density at radius 3 is 2.89 bits per heavy atom. The molecule has 8 heteroatoms. The lowest BCUT2D eigenvalue weighted by molar-refractivity contribution is 0.123. The lowest BCUT2D eigenvalue weighted by Gasteiger charge is -2.11. The minimum Gasteiger partial charge on any atom is -0.492 e. The van der Waals surface area contributed by atoms with Crippen LogP contribution in [0, 0.1) is 0 Å². The van der Waals surface area contributed by atoms with Crippen molar-refractivity contribution in [2.45, 2.75) is 13.0 Å². The van der Waals surface area contributed by atoms with Gasteiger partial charge in [0.15, 0.2) is 5.75 Å². The number of halogens is 2. The van der Waals surface area contributed by atoms with E-state index in [1.54, 1.807) is 6.07 Å². The van der Waals surface area contributed by atoms with Crippen LogP contribution in [0.3, 0.4) is 0 Å². The van der Waals surface area contributed by atoms with Crippen molar-refractivity contribution in [1.82, 2.24) is 9.78 Å². The zero-order valence-electron chi connectivity index (χ0n) is 9.93. The molecule has 2 N–H and O–H groups in total. The molecule has 1 aromatic carbocycles. The standard InChI is InChI=1S/C11H11F2N3O3/c1-19-10-7(15-11(17)18)3-2-6-4-14-16(9(6)10)5-8(12)13/h2-4,8,15H,5H2,1H3,(H,17,18). The largest absolute Gasteiger partial charge is 0.492 e. The second-order valence-electron chi connectivity index (χ2n) is 3.73. The molecule has 0 fully saturated rings. The number of hydrogen-bond acceptors (Lipinski definition) is 3. The van der Waals surface area contributed by atoms with Crippen molar-refractivity contribution in [3.05, 3.63) is 18.3 Å². The summed E-state index contributed by atoms with van der Waals surface area (Å²) in [6, 6.07) is 3.07. The smallest absolute Gasteiger partial charge is 0.409 e. The Bertz CT molecular complexity index is 612. The van der Waals surface area contributed by atoms with E-state index >= 15 is 0 Å². The molecular formula is C11H11F2N3O3. The third-order valence-corrected chi connectivity index (χ3v) is 2.51. The minimum atomic E-state index is -2.57. The van der Waals surface area contributed by atoms with E-state index in [1.165, 1.54) is 19.4 Å². The van der Waals surface area contributed by atoms with Crippen molar-refractivity contribution in [2.75, 3.05) is 12.4 Å². The Balaban J connectivity index is 2.58. The molecular weight excluding hydrogens is 260 g/mol. The molecule has 0 spiro atoms. The number of rotatable bonds is 4. The van der Waals surface area contributed by atoms with Crippen molar-refractivity contribution in [2.24, 2.45) is 0 Å². The number of anilines is 1. The first-order valence-corrected chi connectivity index (χ1v) is 5.33. The van der Waals surface area contributed by atoms with E-state index in [0.29, 0.717) is 10.9 Å². The number of benzene rings is 1. The highest BCUT2D eigenvalue weighted by atomic mass is 19.3. The molecule has 19 heavy (non-hydrogen) atoms. The molecule has 0 aliphatic heterocycles. The first-order chi connectivity index (χ1) is 9.02. The molecule has 1 amide bonds. The number of nitrogens with zero attached hydrogens (tertiary/aromatic N) is 2. The lowest BCUT2D eigenvalue weighted by Crippen LogP contribution is -2.11. The molecule has 1 heterocycles. The fourth-order valence-electron chi connectivity index (χ4n) is 1.84. The van der Waals surface area contributed by atoms with Crippen molar-refractivity contribution >= 4 is 22.7 Å². The van der Waals surface area contributed by atoms with Gasteiger partial charge in [0.1, 0.15) is 12.1 Å². The normalized spacial score (nSPS) is 10.9. The van der Waals surface area contributed by atoms with Crippen molar-refractivity contribution in [3.63, 3.8) is 0 Å². The monoisotopic (exact) mass is 271 g/mol. The minimum absolute atomic E-state index is 0.165. The molecule has 0 radical (unpaired) electrons. The molecule has 0 unspecified atom stereocenters. The number of carbonyl (C=O) groups is 1. The predicted octanol–water partition coefficient (Wildman–Crippen LogP) is 2.40. The molecule has 0 saturated heterocycles.